The average molecular weight is 351 g/mol. The van der Waals surface area contributed by atoms with Crippen molar-refractivity contribution in [2.24, 2.45) is 5.92 Å². The number of benzene rings is 1. The zero-order chi connectivity index (χ0) is 17.5. The van der Waals surface area contributed by atoms with E-state index in [-0.39, 0.29) is 5.92 Å². The van der Waals surface area contributed by atoms with Crippen LogP contribution in [-0.4, -0.2) is 20.8 Å². The van der Waals surface area contributed by atoms with Gasteiger partial charge in [-0.2, -0.15) is 21.6 Å². The normalized spacial score (nSPS) is 18.0. The Morgan fingerprint density at radius 1 is 1.30 bits per heavy atom. The highest BCUT2D eigenvalue weighted by molar-refractivity contribution is 7.86. The molecule has 0 saturated heterocycles. The Hall–Kier alpha value is -1.79. The second-order valence-corrected chi connectivity index (χ2v) is 6.82. The first-order chi connectivity index (χ1) is 10.4. The van der Waals surface area contributed by atoms with E-state index >= 15 is 0 Å². The molecule has 0 amide bonds. The van der Waals surface area contributed by atoms with Gasteiger partial charge in [-0.05, 0) is 31.0 Å². The van der Waals surface area contributed by atoms with Gasteiger partial charge in [0.05, 0.1) is 6.26 Å². The molecule has 1 aromatic rings. The van der Waals surface area contributed by atoms with Crippen LogP contribution in [0.1, 0.15) is 18.4 Å². The predicted octanol–water partition coefficient (Wildman–Crippen LogP) is 2.56. The summed E-state index contributed by atoms with van der Waals surface area (Å²) in [5, 5.41) is 0. The molecule has 9 heteroatoms. The minimum atomic E-state index is -5.25. The highest BCUT2D eigenvalue weighted by Crippen LogP contribution is 2.45. The minimum Gasteiger partial charge on any atom is -0.398 e. The van der Waals surface area contributed by atoms with Gasteiger partial charge in [0.1, 0.15) is 5.82 Å². The molecule has 0 aliphatic heterocycles. The lowest BCUT2D eigenvalue weighted by atomic mass is 9.91. The molecule has 23 heavy (non-hydrogen) atoms. The summed E-state index contributed by atoms with van der Waals surface area (Å²) in [5.74, 6) is 2.90. The minimum absolute atomic E-state index is 0.269. The van der Waals surface area contributed by atoms with Crippen LogP contribution in [0.4, 0.5) is 23.2 Å². The van der Waals surface area contributed by atoms with Gasteiger partial charge in [0.2, 0.25) is 0 Å². The molecule has 1 aromatic carbocycles. The third kappa shape index (κ3) is 3.95. The molecule has 1 atom stereocenters. The molecule has 1 fully saturated rings. The van der Waals surface area contributed by atoms with Gasteiger partial charge in [0.25, 0.3) is 15.7 Å². The first kappa shape index (κ1) is 17.6. The van der Waals surface area contributed by atoms with Crippen molar-refractivity contribution in [2.45, 2.75) is 24.6 Å². The van der Waals surface area contributed by atoms with E-state index in [0.29, 0.717) is 25.2 Å². The van der Waals surface area contributed by atoms with Gasteiger partial charge in [-0.3, -0.25) is 0 Å². The van der Waals surface area contributed by atoms with Crippen molar-refractivity contribution in [2.75, 3.05) is 12.0 Å². The van der Waals surface area contributed by atoms with Crippen LogP contribution < -0.4 is 5.73 Å². The molecule has 0 radical (unpaired) electrons. The summed E-state index contributed by atoms with van der Waals surface area (Å²) in [6, 6.07) is 2.24. The molecular weight excluding hydrogens is 338 g/mol. The molecule has 0 aromatic heterocycles. The van der Waals surface area contributed by atoms with Gasteiger partial charge >= 0.3 is 6.18 Å². The molecule has 126 valence electrons. The number of nitrogens with two attached hydrogens (primary N) is 1. The molecule has 1 saturated carbocycles. The molecule has 1 aliphatic carbocycles. The lowest BCUT2D eigenvalue weighted by Gasteiger charge is -2.31. The Kier molecular flexibility index (Phi) is 4.34. The Morgan fingerprint density at radius 3 is 2.39 bits per heavy atom. The standard InChI is InChI=1S/C14H13F4NO3S/c1-23(20,21)22-13(14(16,17)18,7-6-9-2-3-9)11-8-10(15)4-5-12(11)19/h4-5,8-9H,2-3,19H2,1H3/t13-/m1/s1. The predicted molar refractivity (Wildman–Crippen MR) is 75.0 cm³/mol. The molecule has 0 bridgehead atoms. The lowest BCUT2D eigenvalue weighted by Crippen LogP contribution is -2.45. The number of hydrogen-bond acceptors (Lipinski definition) is 4. The number of nitrogen functional groups attached to an aromatic ring is 1. The van der Waals surface area contributed by atoms with E-state index in [4.69, 9.17) is 5.73 Å². The summed E-state index contributed by atoms with van der Waals surface area (Å²) < 4.78 is 81.7. The molecule has 2 rings (SSSR count). The number of rotatable bonds is 3. The number of alkyl halides is 3. The summed E-state index contributed by atoms with van der Waals surface area (Å²) in [6.45, 7) is 0. The Bertz CT molecular complexity index is 775. The highest BCUT2D eigenvalue weighted by Gasteiger charge is 2.60. The van der Waals surface area contributed by atoms with Crippen molar-refractivity contribution in [3.8, 4) is 11.8 Å². The van der Waals surface area contributed by atoms with E-state index in [9.17, 15) is 26.0 Å². The average Bonchev–Trinajstić information content (AvgIpc) is 3.19. The summed E-state index contributed by atoms with van der Waals surface area (Å²) >= 11 is 0. The zero-order valence-corrected chi connectivity index (χ0v) is 12.8. The molecular formula is C14H13F4NO3S. The molecule has 2 N–H and O–H groups in total. The molecule has 0 spiro atoms. The monoisotopic (exact) mass is 351 g/mol. The van der Waals surface area contributed by atoms with Crippen molar-refractivity contribution < 1.29 is 30.2 Å². The zero-order valence-electron chi connectivity index (χ0n) is 11.9. The van der Waals surface area contributed by atoms with E-state index in [2.05, 4.69) is 10.1 Å². The van der Waals surface area contributed by atoms with Gasteiger partial charge in [-0.25, -0.2) is 8.57 Å². The van der Waals surface area contributed by atoms with Gasteiger partial charge in [0, 0.05) is 17.2 Å². The second-order valence-electron chi connectivity index (χ2n) is 5.24. The topological polar surface area (TPSA) is 69.4 Å². The summed E-state index contributed by atoms with van der Waals surface area (Å²) in [7, 11) is -4.57. The fourth-order valence-corrected chi connectivity index (χ4v) is 2.58. The SMILES string of the molecule is CS(=O)(=O)O[C@](C#CC1CC1)(c1cc(F)ccc1N)C(F)(F)F. The molecule has 0 unspecified atom stereocenters. The van der Waals surface area contributed by atoms with Crippen LogP contribution in [0.15, 0.2) is 18.2 Å². The third-order valence-corrected chi connectivity index (χ3v) is 3.65. The molecule has 4 nitrogen and oxygen atoms in total. The van der Waals surface area contributed by atoms with Gasteiger partial charge in [0.15, 0.2) is 0 Å². The number of halogens is 4. The maximum Gasteiger partial charge on any atom is 0.434 e. The van der Waals surface area contributed by atoms with Crippen LogP contribution in [0.25, 0.3) is 0 Å². The van der Waals surface area contributed by atoms with Crippen molar-refractivity contribution in [1.29, 1.82) is 0 Å². The smallest absolute Gasteiger partial charge is 0.398 e. The van der Waals surface area contributed by atoms with Gasteiger partial charge < -0.3 is 5.73 Å². The van der Waals surface area contributed by atoms with Crippen LogP contribution in [0.2, 0.25) is 0 Å². The van der Waals surface area contributed by atoms with E-state index in [0.717, 1.165) is 12.1 Å². The number of anilines is 1. The van der Waals surface area contributed by atoms with E-state index in [1.54, 1.807) is 0 Å². The van der Waals surface area contributed by atoms with E-state index < -0.39 is 39.0 Å². The van der Waals surface area contributed by atoms with Crippen molar-refractivity contribution in [1.82, 2.24) is 0 Å². The summed E-state index contributed by atoms with van der Waals surface area (Å²) in [5.41, 5.74) is 0.597. The largest absolute Gasteiger partial charge is 0.434 e. The quantitative estimate of drug-likeness (QED) is 0.393. The lowest BCUT2D eigenvalue weighted by molar-refractivity contribution is -0.228. The van der Waals surface area contributed by atoms with Crippen LogP contribution in [0.3, 0.4) is 0 Å². The first-order valence-electron chi connectivity index (χ1n) is 6.50. The Balaban J connectivity index is 2.75. The maximum absolute atomic E-state index is 13.7. The fourth-order valence-electron chi connectivity index (χ4n) is 1.90. The van der Waals surface area contributed by atoms with Crippen molar-refractivity contribution in [3.63, 3.8) is 0 Å². The van der Waals surface area contributed by atoms with Crippen LogP contribution in [0, 0.1) is 23.6 Å². The van der Waals surface area contributed by atoms with Crippen molar-refractivity contribution in [3.05, 3.63) is 29.6 Å². The maximum atomic E-state index is 13.7. The first-order valence-corrected chi connectivity index (χ1v) is 8.32. The van der Waals surface area contributed by atoms with Crippen LogP contribution in [0.5, 0.6) is 0 Å². The highest BCUT2D eigenvalue weighted by atomic mass is 32.2. The van der Waals surface area contributed by atoms with Gasteiger partial charge in [-0.1, -0.05) is 11.8 Å². The van der Waals surface area contributed by atoms with Crippen LogP contribution >= 0.6 is 0 Å². The Labute approximate surface area is 130 Å². The van der Waals surface area contributed by atoms with Gasteiger partial charge in [-0.15, -0.1) is 0 Å². The van der Waals surface area contributed by atoms with E-state index in [1.807, 2.05) is 5.92 Å². The molecule has 1 aliphatic rings. The summed E-state index contributed by atoms with van der Waals surface area (Å²) in [4.78, 5) is 0. The molecule has 0 heterocycles. The van der Waals surface area contributed by atoms with Crippen LogP contribution in [-0.2, 0) is 19.9 Å². The number of hydrogen-bond donors (Lipinski definition) is 1. The summed E-state index contributed by atoms with van der Waals surface area (Å²) in [6.07, 6.45) is -3.57. The fraction of sp³-hybridized carbons (Fsp3) is 0.429. The second kappa shape index (κ2) is 5.69. The third-order valence-electron chi connectivity index (χ3n) is 3.10. The van der Waals surface area contributed by atoms with E-state index in [1.165, 1.54) is 0 Å². The Morgan fingerprint density at radius 2 is 1.91 bits per heavy atom. The van der Waals surface area contributed by atoms with Crippen molar-refractivity contribution >= 4 is 15.8 Å².